The number of guanidine groups is 1. The van der Waals surface area contributed by atoms with Crippen molar-refractivity contribution in [3.63, 3.8) is 0 Å². The van der Waals surface area contributed by atoms with Gasteiger partial charge in [-0.1, -0.05) is 55.8 Å². The Bertz CT molecular complexity index is 851. The summed E-state index contributed by atoms with van der Waals surface area (Å²) in [5.41, 5.74) is 2.67. The molecule has 0 fully saturated rings. The first-order chi connectivity index (χ1) is 13.7. The fourth-order valence-corrected chi connectivity index (χ4v) is 3.32. The number of rotatable bonds is 7. The van der Waals surface area contributed by atoms with Crippen LogP contribution in [0, 0.1) is 0 Å². The van der Waals surface area contributed by atoms with Gasteiger partial charge in [-0.3, -0.25) is 4.79 Å². The van der Waals surface area contributed by atoms with Gasteiger partial charge in [-0.2, -0.15) is 0 Å². The highest BCUT2D eigenvalue weighted by Gasteiger charge is 2.23. The highest BCUT2D eigenvalue weighted by atomic mass is 127. The Morgan fingerprint density at radius 2 is 1.70 bits per heavy atom. The second-order valence-corrected chi connectivity index (χ2v) is 8.22. The molecule has 0 heterocycles. The van der Waals surface area contributed by atoms with Gasteiger partial charge in [0.15, 0.2) is 5.96 Å². The minimum Gasteiger partial charge on any atom is -0.357 e. The van der Waals surface area contributed by atoms with Crippen LogP contribution in [-0.4, -0.2) is 44.0 Å². The standard InChI is InChI=1S/C23H31ClN4O.HI/c1-6-25-22(27-16-23(2,3)19-9-7-8-10-20(19)24)26-15-17-11-13-18(14-12-17)21(29)28(4)5;/h7-14H,6,15-16H2,1-5H3,(H2,25,26,27);1H. The topological polar surface area (TPSA) is 56.7 Å². The fourth-order valence-electron chi connectivity index (χ4n) is 2.93. The third-order valence-electron chi connectivity index (χ3n) is 4.67. The van der Waals surface area contributed by atoms with E-state index in [2.05, 4.69) is 35.5 Å². The largest absolute Gasteiger partial charge is 0.357 e. The smallest absolute Gasteiger partial charge is 0.253 e. The normalized spacial score (nSPS) is 11.5. The SMILES string of the molecule is CCNC(=NCc1ccc(C(=O)N(C)C)cc1)NCC(C)(C)c1ccccc1Cl.I. The number of halogens is 2. The predicted molar refractivity (Wildman–Crippen MR) is 137 cm³/mol. The quantitative estimate of drug-likeness (QED) is 0.303. The minimum absolute atomic E-state index is 0. The summed E-state index contributed by atoms with van der Waals surface area (Å²) in [5.74, 6) is 0.748. The number of aliphatic imine (C=N–C) groups is 1. The van der Waals surface area contributed by atoms with E-state index in [9.17, 15) is 4.79 Å². The maximum absolute atomic E-state index is 12.0. The fraction of sp³-hybridized carbons (Fsp3) is 0.391. The molecule has 7 heteroatoms. The number of benzene rings is 2. The summed E-state index contributed by atoms with van der Waals surface area (Å²) in [4.78, 5) is 18.2. The van der Waals surface area contributed by atoms with Crippen LogP contribution in [0.15, 0.2) is 53.5 Å². The molecule has 0 bridgehead atoms. The van der Waals surface area contributed by atoms with Crippen molar-refractivity contribution in [2.45, 2.75) is 32.7 Å². The summed E-state index contributed by atoms with van der Waals surface area (Å²) < 4.78 is 0. The second-order valence-electron chi connectivity index (χ2n) is 7.81. The Morgan fingerprint density at radius 1 is 1.07 bits per heavy atom. The maximum atomic E-state index is 12.0. The van der Waals surface area contributed by atoms with Crippen molar-refractivity contribution in [2.24, 2.45) is 4.99 Å². The van der Waals surface area contributed by atoms with Crippen molar-refractivity contribution in [3.05, 3.63) is 70.2 Å². The summed E-state index contributed by atoms with van der Waals surface area (Å²) in [7, 11) is 3.50. The highest BCUT2D eigenvalue weighted by molar-refractivity contribution is 14.0. The summed E-state index contributed by atoms with van der Waals surface area (Å²) in [5, 5.41) is 7.47. The molecule has 0 spiro atoms. The van der Waals surface area contributed by atoms with Gasteiger partial charge in [0.2, 0.25) is 0 Å². The van der Waals surface area contributed by atoms with Gasteiger partial charge in [-0.15, -0.1) is 24.0 Å². The van der Waals surface area contributed by atoms with Crippen molar-refractivity contribution in [1.29, 1.82) is 0 Å². The van der Waals surface area contributed by atoms with E-state index >= 15 is 0 Å². The van der Waals surface area contributed by atoms with Gasteiger partial charge < -0.3 is 15.5 Å². The molecule has 2 aromatic carbocycles. The minimum atomic E-state index is -0.150. The van der Waals surface area contributed by atoms with E-state index in [0.717, 1.165) is 28.7 Å². The zero-order valence-corrected chi connectivity index (χ0v) is 21.4. The molecule has 0 radical (unpaired) electrons. The van der Waals surface area contributed by atoms with E-state index in [1.54, 1.807) is 19.0 Å². The molecule has 1 amide bonds. The first kappa shape index (κ1) is 26.2. The second kappa shape index (κ2) is 12.2. The molecule has 5 nitrogen and oxygen atoms in total. The van der Waals surface area contributed by atoms with E-state index in [4.69, 9.17) is 11.6 Å². The number of carbonyl (C=O) groups excluding carboxylic acids is 1. The molecule has 0 aliphatic carbocycles. The molecule has 2 rings (SSSR count). The van der Waals surface area contributed by atoms with Gasteiger partial charge in [-0.05, 0) is 36.2 Å². The van der Waals surface area contributed by atoms with Crippen LogP contribution in [-0.2, 0) is 12.0 Å². The zero-order valence-electron chi connectivity index (χ0n) is 18.3. The Balaban J connectivity index is 0.00000450. The molecule has 0 aromatic heterocycles. The lowest BCUT2D eigenvalue weighted by molar-refractivity contribution is 0.0827. The van der Waals surface area contributed by atoms with Crippen molar-refractivity contribution >= 4 is 47.4 Å². The number of carbonyl (C=O) groups is 1. The van der Waals surface area contributed by atoms with E-state index in [1.807, 2.05) is 49.4 Å². The van der Waals surface area contributed by atoms with Gasteiger partial charge in [-0.25, -0.2) is 4.99 Å². The van der Waals surface area contributed by atoms with Gasteiger partial charge in [0.05, 0.1) is 6.54 Å². The zero-order chi connectivity index (χ0) is 21.4. The van der Waals surface area contributed by atoms with Crippen LogP contribution in [0.1, 0.15) is 42.3 Å². The molecule has 164 valence electrons. The molecule has 0 saturated carbocycles. The number of amides is 1. The van der Waals surface area contributed by atoms with E-state index in [1.165, 1.54) is 0 Å². The van der Waals surface area contributed by atoms with Crippen molar-refractivity contribution < 1.29 is 4.79 Å². The van der Waals surface area contributed by atoms with E-state index in [-0.39, 0.29) is 35.3 Å². The van der Waals surface area contributed by atoms with Gasteiger partial charge >= 0.3 is 0 Å². The Kier molecular flexibility index (Phi) is 10.6. The molecule has 0 saturated heterocycles. The molecule has 30 heavy (non-hydrogen) atoms. The number of nitrogens with zero attached hydrogens (tertiary/aromatic N) is 2. The van der Waals surface area contributed by atoms with Gasteiger partial charge in [0.25, 0.3) is 5.91 Å². The molecular formula is C23H32ClIN4O. The third-order valence-corrected chi connectivity index (χ3v) is 5.00. The molecule has 0 aliphatic heterocycles. The molecule has 0 aliphatic rings. The van der Waals surface area contributed by atoms with Crippen LogP contribution in [0.2, 0.25) is 5.02 Å². The lowest BCUT2D eigenvalue weighted by atomic mass is 9.84. The summed E-state index contributed by atoms with van der Waals surface area (Å²) in [6, 6.07) is 15.5. The number of hydrogen-bond acceptors (Lipinski definition) is 2. The van der Waals surface area contributed by atoms with Crippen molar-refractivity contribution in [2.75, 3.05) is 27.2 Å². The lowest BCUT2D eigenvalue weighted by Crippen LogP contribution is -2.43. The summed E-state index contributed by atoms with van der Waals surface area (Å²) in [6.45, 7) is 8.35. The monoisotopic (exact) mass is 542 g/mol. The van der Waals surface area contributed by atoms with Gasteiger partial charge in [0, 0.05) is 43.2 Å². The lowest BCUT2D eigenvalue weighted by Gasteiger charge is -2.27. The molecule has 2 aromatic rings. The first-order valence-corrected chi connectivity index (χ1v) is 10.2. The van der Waals surface area contributed by atoms with Crippen LogP contribution in [0.4, 0.5) is 0 Å². The van der Waals surface area contributed by atoms with Gasteiger partial charge in [0.1, 0.15) is 0 Å². The van der Waals surface area contributed by atoms with Crippen LogP contribution in [0.3, 0.4) is 0 Å². The van der Waals surface area contributed by atoms with Crippen molar-refractivity contribution in [1.82, 2.24) is 15.5 Å². The van der Waals surface area contributed by atoms with Crippen LogP contribution >= 0.6 is 35.6 Å². The summed E-state index contributed by atoms with van der Waals surface area (Å²) in [6.07, 6.45) is 0. The van der Waals surface area contributed by atoms with Crippen LogP contribution in [0.25, 0.3) is 0 Å². The Morgan fingerprint density at radius 3 is 2.27 bits per heavy atom. The van der Waals surface area contributed by atoms with Crippen LogP contribution in [0.5, 0.6) is 0 Å². The molecule has 0 atom stereocenters. The number of nitrogens with one attached hydrogen (secondary N) is 2. The Hall–Kier alpha value is -1.80. The third kappa shape index (κ3) is 7.47. The average molecular weight is 543 g/mol. The average Bonchev–Trinajstić information content (AvgIpc) is 2.70. The van der Waals surface area contributed by atoms with Crippen molar-refractivity contribution in [3.8, 4) is 0 Å². The molecular weight excluding hydrogens is 511 g/mol. The predicted octanol–water partition coefficient (Wildman–Crippen LogP) is 4.69. The summed E-state index contributed by atoms with van der Waals surface area (Å²) >= 11 is 6.38. The highest BCUT2D eigenvalue weighted by Crippen LogP contribution is 2.28. The van der Waals surface area contributed by atoms with E-state index in [0.29, 0.717) is 18.7 Å². The Labute approximate surface area is 202 Å². The molecule has 2 N–H and O–H groups in total. The maximum Gasteiger partial charge on any atom is 0.253 e. The number of hydrogen-bond donors (Lipinski definition) is 2. The van der Waals surface area contributed by atoms with E-state index < -0.39 is 0 Å². The first-order valence-electron chi connectivity index (χ1n) is 9.82. The van der Waals surface area contributed by atoms with Crippen LogP contribution < -0.4 is 10.6 Å². The molecule has 0 unspecified atom stereocenters.